The molecule has 0 radical (unpaired) electrons. The van der Waals surface area contributed by atoms with Gasteiger partial charge in [0.1, 0.15) is 11.5 Å². The van der Waals surface area contributed by atoms with Crippen molar-refractivity contribution < 1.29 is 14.3 Å². The molecule has 2 aromatic carbocycles. The molecule has 108 valence electrons. The number of anilines is 2. The molecule has 0 bridgehead atoms. The first-order valence-corrected chi connectivity index (χ1v) is 6.46. The molecule has 0 aliphatic carbocycles. The van der Waals surface area contributed by atoms with Gasteiger partial charge in [-0.1, -0.05) is 12.1 Å². The van der Waals surface area contributed by atoms with Crippen molar-refractivity contribution in [2.45, 2.75) is 13.8 Å². The topological polar surface area (TPSA) is 67.4 Å². The summed E-state index contributed by atoms with van der Waals surface area (Å²) < 4.78 is 5.72. The summed E-state index contributed by atoms with van der Waals surface area (Å²) >= 11 is 0. The lowest BCUT2D eigenvalue weighted by molar-refractivity contribution is -0.115. The molecule has 2 aromatic rings. The van der Waals surface area contributed by atoms with Crippen molar-refractivity contribution >= 4 is 23.2 Å². The SMILES string of the molecule is CC(=O)Nc1cccc(Oc2cccc(NC(C)=O)c2)c1. The average molecular weight is 284 g/mol. The largest absolute Gasteiger partial charge is 0.457 e. The first-order valence-electron chi connectivity index (χ1n) is 6.46. The third-order valence-corrected chi connectivity index (χ3v) is 2.54. The molecule has 2 amide bonds. The molecule has 2 rings (SSSR count). The maximum absolute atomic E-state index is 11.0. The van der Waals surface area contributed by atoms with E-state index in [2.05, 4.69) is 10.6 Å². The Kier molecular flexibility index (Phi) is 4.56. The summed E-state index contributed by atoms with van der Waals surface area (Å²) in [5.74, 6) is 0.919. The Labute approximate surface area is 122 Å². The second-order valence-corrected chi connectivity index (χ2v) is 4.52. The van der Waals surface area contributed by atoms with E-state index >= 15 is 0 Å². The number of ether oxygens (including phenoxy) is 1. The smallest absolute Gasteiger partial charge is 0.221 e. The van der Waals surface area contributed by atoms with E-state index in [0.29, 0.717) is 22.9 Å². The van der Waals surface area contributed by atoms with Gasteiger partial charge >= 0.3 is 0 Å². The maximum Gasteiger partial charge on any atom is 0.221 e. The Morgan fingerprint density at radius 2 is 1.24 bits per heavy atom. The third kappa shape index (κ3) is 4.65. The van der Waals surface area contributed by atoms with Crippen LogP contribution in [0.2, 0.25) is 0 Å². The lowest BCUT2D eigenvalue weighted by Crippen LogP contribution is -2.05. The fourth-order valence-electron chi connectivity index (χ4n) is 1.82. The molecule has 0 aliphatic heterocycles. The standard InChI is InChI=1S/C16H16N2O3/c1-11(19)17-13-5-3-7-15(9-13)21-16-8-4-6-14(10-16)18-12(2)20/h3-10H,1-2H3,(H,17,19)(H,18,20). The molecule has 0 aromatic heterocycles. The number of hydrogen-bond acceptors (Lipinski definition) is 3. The van der Waals surface area contributed by atoms with Crippen molar-refractivity contribution in [3.63, 3.8) is 0 Å². The molecule has 21 heavy (non-hydrogen) atoms. The van der Waals surface area contributed by atoms with E-state index in [1.807, 2.05) is 0 Å². The molecule has 5 heteroatoms. The van der Waals surface area contributed by atoms with Crippen LogP contribution in [0.15, 0.2) is 48.5 Å². The van der Waals surface area contributed by atoms with E-state index in [9.17, 15) is 9.59 Å². The van der Waals surface area contributed by atoms with E-state index in [-0.39, 0.29) is 11.8 Å². The predicted octanol–water partition coefficient (Wildman–Crippen LogP) is 3.40. The molecule has 5 nitrogen and oxygen atoms in total. The molecule has 0 saturated carbocycles. The summed E-state index contributed by atoms with van der Waals surface area (Å²) in [7, 11) is 0. The minimum atomic E-state index is -0.139. The average Bonchev–Trinajstić information content (AvgIpc) is 2.37. The van der Waals surface area contributed by atoms with Crippen LogP contribution in [0.5, 0.6) is 11.5 Å². The lowest BCUT2D eigenvalue weighted by Gasteiger charge is -2.09. The summed E-state index contributed by atoms with van der Waals surface area (Å²) in [5, 5.41) is 5.39. The Morgan fingerprint density at radius 1 is 0.810 bits per heavy atom. The molecule has 0 spiro atoms. The van der Waals surface area contributed by atoms with Gasteiger partial charge in [-0.2, -0.15) is 0 Å². The van der Waals surface area contributed by atoms with Crippen molar-refractivity contribution in [2.75, 3.05) is 10.6 Å². The van der Waals surface area contributed by atoms with E-state index in [1.54, 1.807) is 48.5 Å². The second kappa shape index (κ2) is 6.56. The fourth-order valence-corrected chi connectivity index (χ4v) is 1.82. The number of carbonyl (C=O) groups excluding carboxylic acids is 2. The third-order valence-electron chi connectivity index (χ3n) is 2.54. The minimum Gasteiger partial charge on any atom is -0.457 e. The van der Waals surface area contributed by atoms with E-state index in [1.165, 1.54) is 13.8 Å². The highest BCUT2D eigenvalue weighted by Gasteiger charge is 2.02. The number of carbonyl (C=O) groups is 2. The second-order valence-electron chi connectivity index (χ2n) is 4.52. The zero-order valence-corrected chi connectivity index (χ0v) is 11.8. The molecular formula is C16H16N2O3. The summed E-state index contributed by atoms with van der Waals surface area (Å²) in [5.41, 5.74) is 1.33. The highest BCUT2D eigenvalue weighted by atomic mass is 16.5. The van der Waals surface area contributed by atoms with Crippen LogP contribution in [-0.4, -0.2) is 11.8 Å². The van der Waals surface area contributed by atoms with Crippen LogP contribution < -0.4 is 15.4 Å². The van der Waals surface area contributed by atoms with Crippen LogP contribution in [0.25, 0.3) is 0 Å². The zero-order chi connectivity index (χ0) is 15.2. The van der Waals surface area contributed by atoms with Gasteiger partial charge in [0, 0.05) is 37.4 Å². The molecule has 0 saturated heterocycles. The molecule has 2 N–H and O–H groups in total. The van der Waals surface area contributed by atoms with Gasteiger partial charge in [-0.05, 0) is 24.3 Å². The van der Waals surface area contributed by atoms with Crippen molar-refractivity contribution in [1.82, 2.24) is 0 Å². The Hall–Kier alpha value is -2.82. The van der Waals surface area contributed by atoms with Crippen LogP contribution in [0.3, 0.4) is 0 Å². The quantitative estimate of drug-likeness (QED) is 0.904. The summed E-state index contributed by atoms with van der Waals surface area (Å²) in [6, 6.07) is 14.2. The van der Waals surface area contributed by atoms with Gasteiger partial charge in [0.15, 0.2) is 0 Å². The Balaban J connectivity index is 2.14. The van der Waals surface area contributed by atoms with Gasteiger partial charge < -0.3 is 15.4 Å². The van der Waals surface area contributed by atoms with Crippen molar-refractivity contribution in [3.8, 4) is 11.5 Å². The first kappa shape index (κ1) is 14.6. The van der Waals surface area contributed by atoms with Crippen LogP contribution in [-0.2, 0) is 9.59 Å². The van der Waals surface area contributed by atoms with Crippen molar-refractivity contribution in [1.29, 1.82) is 0 Å². The van der Waals surface area contributed by atoms with Gasteiger partial charge in [-0.3, -0.25) is 9.59 Å². The number of nitrogens with one attached hydrogen (secondary N) is 2. The van der Waals surface area contributed by atoms with Crippen LogP contribution in [0.1, 0.15) is 13.8 Å². The first-order chi connectivity index (χ1) is 10.0. The predicted molar refractivity (Wildman–Crippen MR) is 81.6 cm³/mol. The van der Waals surface area contributed by atoms with Crippen LogP contribution in [0, 0.1) is 0 Å². The Bertz CT molecular complexity index is 611. The maximum atomic E-state index is 11.0. The number of benzene rings is 2. The van der Waals surface area contributed by atoms with E-state index in [4.69, 9.17) is 4.74 Å². The highest BCUT2D eigenvalue weighted by Crippen LogP contribution is 2.26. The van der Waals surface area contributed by atoms with Gasteiger partial charge in [-0.25, -0.2) is 0 Å². The van der Waals surface area contributed by atoms with Gasteiger partial charge in [0.05, 0.1) is 0 Å². The van der Waals surface area contributed by atoms with Crippen LogP contribution >= 0.6 is 0 Å². The van der Waals surface area contributed by atoms with Crippen molar-refractivity contribution in [2.24, 2.45) is 0 Å². The number of hydrogen-bond donors (Lipinski definition) is 2. The summed E-state index contributed by atoms with van der Waals surface area (Å²) in [6.07, 6.45) is 0. The minimum absolute atomic E-state index is 0.139. The molecule has 0 aliphatic rings. The summed E-state index contributed by atoms with van der Waals surface area (Å²) in [4.78, 5) is 22.1. The van der Waals surface area contributed by atoms with Gasteiger partial charge in [0.2, 0.25) is 11.8 Å². The number of rotatable bonds is 4. The molecular weight excluding hydrogens is 268 g/mol. The van der Waals surface area contributed by atoms with Gasteiger partial charge in [0.25, 0.3) is 0 Å². The fraction of sp³-hybridized carbons (Fsp3) is 0.125. The number of amides is 2. The monoisotopic (exact) mass is 284 g/mol. The lowest BCUT2D eigenvalue weighted by atomic mass is 10.2. The zero-order valence-electron chi connectivity index (χ0n) is 11.8. The highest BCUT2D eigenvalue weighted by molar-refractivity contribution is 5.89. The van der Waals surface area contributed by atoms with Crippen molar-refractivity contribution in [3.05, 3.63) is 48.5 Å². The molecule has 0 atom stereocenters. The van der Waals surface area contributed by atoms with E-state index in [0.717, 1.165) is 0 Å². The molecule has 0 fully saturated rings. The summed E-state index contributed by atoms with van der Waals surface area (Å²) in [6.45, 7) is 2.90. The molecule has 0 unspecified atom stereocenters. The van der Waals surface area contributed by atoms with Crippen LogP contribution in [0.4, 0.5) is 11.4 Å². The normalized spacial score (nSPS) is 9.81. The van der Waals surface area contributed by atoms with Gasteiger partial charge in [-0.15, -0.1) is 0 Å². The Morgan fingerprint density at radius 3 is 1.62 bits per heavy atom. The van der Waals surface area contributed by atoms with E-state index < -0.39 is 0 Å². The molecule has 0 heterocycles.